The molecule has 2 aromatic carbocycles. The minimum absolute atomic E-state index is 0. The quantitative estimate of drug-likeness (QED) is 0.294. The van der Waals surface area contributed by atoms with E-state index in [0.29, 0.717) is 24.3 Å². The van der Waals surface area contributed by atoms with Gasteiger partial charge in [-0.25, -0.2) is 9.07 Å². The number of amides is 1. The fourth-order valence-corrected chi connectivity index (χ4v) is 4.58. The molecule has 0 aliphatic rings. The molecule has 0 aliphatic heterocycles. The summed E-state index contributed by atoms with van der Waals surface area (Å²) in [5, 5.41) is 34.0. The standard InChI is InChI=1S/C29H36FN3O5.Na.H/c1-18(2)27-25(14-13-23(34)15-24(35)16-26(36)37)33(22-11-9-21(30)10-12-22)31-28(27)29(38)32(4)17-20-8-6-5-7-19(20)3;;/h5-12,18,23-24,34-35H,13-17H2,1-4H3,(H,36,37);;/q;+1;-1/t23-,24-;;/m1../s1. The number of carboxylic acid groups (broad SMARTS) is 1. The Bertz CT molecular complexity index is 1270. The van der Waals surface area contributed by atoms with E-state index in [2.05, 4.69) is 5.10 Å². The third-order valence-electron chi connectivity index (χ3n) is 6.56. The Morgan fingerprint density at radius 2 is 1.72 bits per heavy atom. The fourth-order valence-electron chi connectivity index (χ4n) is 4.58. The van der Waals surface area contributed by atoms with Crippen LogP contribution in [0.1, 0.15) is 73.3 Å². The van der Waals surface area contributed by atoms with Crippen molar-refractivity contribution in [3.63, 3.8) is 0 Å². The predicted molar refractivity (Wildman–Crippen MR) is 143 cm³/mol. The average Bonchev–Trinajstić information content (AvgIpc) is 3.23. The largest absolute Gasteiger partial charge is 1.00 e. The van der Waals surface area contributed by atoms with E-state index in [1.807, 2.05) is 45.0 Å². The molecule has 0 bridgehead atoms. The normalized spacial score (nSPS) is 12.6. The molecular formula is C29H37FN3NaO5. The SMILES string of the molecule is Cc1ccccc1CN(C)C(=O)c1nn(-c2ccc(F)cc2)c(CC[C@@H](O)C[C@@H](O)CC(=O)O)c1C(C)C.[H-].[Na+]. The van der Waals surface area contributed by atoms with Crippen molar-refractivity contribution in [1.82, 2.24) is 14.7 Å². The van der Waals surface area contributed by atoms with Crippen LogP contribution in [0.3, 0.4) is 0 Å². The van der Waals surface area contributed by atoms with E-state index in [1.54, 1.807) is 28.8 Å². The fraction of sp³-hybridized carbons (Fsp3) is 0.414. The third kappa shape index (κ3) is 8.71. The minimum Gasteiger partial charge on any atom is -1.00 e. The molecule has 206 valence electrons. The molecule has 3 aromatic rings. The van der Waals surface area contributed by atoms with Crippen molar-refractivity contribution >= 4 is 11.9 Å². The second-order valence-electron chi connectivity index (χ2n) is 10.0. The van der Waals surface area contributed by atoms with Crippen molar-refractivity contribution in [1.29, 1.82) is 0 Å². The van der Waals surface area contributed by atoms with Gasteiger partial charge in [0, 0.05) is 24.8 Å². The van der Waals surface area contributed by atoms with Crippen molar-refractivity contribution in [3.8, 4) is 5.69 Å². The molecule has 0 saturated carbocycles. The number of aryl methyl sites for hydroxylation is 1. The summed E-state index contributed by atoms with van der Waals surface area (Å²) < 4.78 is 15.3. The van der Waals surface area contributed by atoms with Crippen molar-refractivity contribution in [3.05, 3.63) is 82.4 Å². The first kappa shape index (κ1) is 32.7. The van der Waals surface area contributed by atoms with E-state index >= 15 is 0 Å². The second-order valence-corrected chi connectivity index (χ2v) is 10.0. The molecule has 1 heterocycles. The number of carbonyl (C=O) groups is 2. The topological polar surface area (TPSA) is 116 Å². The number of aliphatic hydroxyl groups excluding tert-OH is 2. The monoisotopic (exact) mass is 549 g/mol. The van der Waals surface area contributed by atoms with Gasteiger partial charge in [-0.15, -0.1) is 0 Å². The van der Waals surface area contributed by atoms with Gasteiger partial charge in [0.2, 0.25) is 0 Å². The van der Waals surface area contributed by atoms with Gasteiger partial charge in [-0.1, -0.05) is 38.1 Å². The Morgan fingerprint density at radius 1 is 1.08 bits per heavy atom. The van der Waals surface area contributed by atoms with Gasteiger partial charge < -0.3 is 21.6 Å². The molecule has 3 N–H and O–H groups in total. The predicted octanol–water partition coefficient (Wildman–Crippen LogP) is 1.35. The summed E-state index contributed by atoms with van der Waals surface area (Å²) >= 11 is 0. The molecule has 0 fully saturated rings. The molecule has 0 saturated heterocycles. The van der Waals surface area contributed by atoms with Crippen LogP contribution >= 0.6 is 0 Å². The Kier molecular flexibility index (Phi) is 12.3. The van der Waals surface area contributed by atoms with Crippen molar-refractivity contribution in [2.24, 2.45) is 0 Å². The number of halogens is 1. The molecule has 0 radical (unpaired) electrons. The zero-order valence-electron chi connectivity index (χ0n) is 24.3. The Balaban J connectivity index is 0.00000400. The summed E-state index contributed by atoms with van der Waals surface area (Å²) in [5.41, 5.74) is 4.39. The van der Waals surface area contributed by atoms with Gasteiger partial charge in [0.15, 0.2) is 5.69 Å². The zero-order chi connectivity index (χ0) is 28.0. The van der Waals surface area contributed by atoms with Crippen LogP contribution in [-0.2, 0) is 17.8 Å². The van der Waals surface area contributed by atoms with E-state index in [-0.39, 0.29) is 61.3 Å². The number of carboxylic acids is 1. The number of aromatic nitrogens is 2. The zero-order valence-corrected chi connectivity index (χ0v) is 25.3. The van der Waals surface area contributed by atoms with E-state index < -0.39 is 30.4 Å². The van der Waals surface area contributed by atoms with Gasteiger partial charge in [0.25, 0.3) is 5.91 Å². The van der Waals surface area contributed by atoms with Crippen molar-refractivity contribution in [2.45, 2.75) is 71.1 Å². The van der Waals surface area contributed by atoms with Crippen LogP contribution in [0.25, 0.3) is 5.69 Å². The van der Waals surface area contributed by atoms with Crippen molar-refractivity contribution in [2.75, 3.05) is 7.05 Å². The first-order valence-electron chi connectivity index (χ1n) is 12.7. The summed E-state index contributed by atoms with van der Waals surface area (Å²) in [5.74, 6) is -1.88. The van der Waals surface area contributed by atoms with E-state index in [0.717, 1.165) is 16.7 Å². The van der Waals surface area contributed by atoms with Crippen LogP contribution in [-0.4, -0.2) is 61.1 Å². The van der Waals surface area contributed by atoms with Gasteiger partial charge in [-0.05, 0) is 67.5 Å². The number of aliphatic carboxylic acids is 1. The molecule has 39 heavy (non-hydrogen) atoms. The third-order valence-corrected chi connectivity index (χ3v) is 6.56. The molecule has 3 rings (SSSR count). The maximum atomic E-state index is 13.7. The van der Waals surface area contributed by atoms with Crippen molar-refractivity contribution < 1.29 is 60.3 Å². The maximum absolute atomic E-state index is 13.7. The summed E-state index contributed by atoms with van der Waals surface area (Å²) in [6.45, 7) is 6.32. The van der Waals surface area contributed by atoms with E-state index in [4.69, 9.17) is 5.11 Å². The van der Waals surface area contributed by atoms with Gasteiger partial charge in [-0.2, -0.15) is 5.10 Å². The number of hydrogen-bond donors (Lipinski definition) is 3. The van der Waals surface area contributed by atoms with Crippen LogP contribution < -0.4 is 29.6 Å². The Labute approximate surface area is 252 Å². The van der Waals surface area contributed by atoms with Gasteiger partial charge >= 0.3 is 35.5 Å². The number of rotatable bonds is 12. The first-order valence-corrected chi connectivity index (χ1v) is 12.7. The molecule has 0 aliphatic carbocycles. The molecule has 0 unspecified atom stereocenters. The van der Waals surface area contributed by atoms with Crippen LogP contribution in [0.5, 0.6) is 0 Å². The number of carbonyl (C=O) groups excluding carboxylic acids is 1. The van der Waals surface area contributed by atoms with Gasteiger partial charge in [-0.3, -0.25) is 9.59 Å². The molecule has 0 spiro atoms. The van der Waals surface area contributed by atoms with Crippen LogP contribution in [0.2, 0.25) is 0 Å². The van der Waals surface area contributed by atoms with Crippen LogP contribution in [0.4, 0.5) is 4.39 Å². The smallest absolute Gasteiger partial charge is 1.00 e. The average molecular weight is 550 g/mol. The number of aliphatic hydroxyl groups is 2. The first-order chi connectivity index (χ1) is 18.0. The Hall–Kier alpha value is -2.56. The molecule has 1 aromatic heterocycles. The minimum atomic E-state index is -1.17. The maximum Gasteiger partial charge on any atom is 1.00 e. The van der Waals surface area contributed by atoms with E-state index in [9.17, 15) is 24.2 Å². The summed E-state index contributed by atoms with van der Waals surface area (Å²) in [6, 6.07) is 13.6. The summed E-state index contributed by atoms with van der Waals surface area (Å²) in [6.07, 6.45) is -2.12. The Morgan fingerprint density at radius 3 is 2.31 bits per heavy atom. The molecule has 10 heteroatoms. The van der Waals surface area contributed by atoms with Crippen LogP contribution in [0.15, 0.2) is 48.5 Å². The van der Waals surface area contributed by atoms with Gasteiger partial charge in [0.05, 0.1) is 24.3 Å². The molecule has 8 nitrogen and oxygen atoms in total. The summed E-state index contributed by atoms with van der Waals surface area (Å²) in [4.78, 5) is 26.1. The number of nitrogens with zero attached hydrogens (tertiary/aromatic N) is 3. The van der Waals surface area contributed by atoms with Gasteiger partial charge in [0.1, 0.15) is 5.82 Å². The molecule has 1 amide bonds. The summed E-state index contributed by atoms with van der Waals surface area (Å²) in [7, 11) is 1.73. The number of benzene rings is 2. The number of hydrogen-bond acceptors (Lipinski definition) is 5. The molecular weight excluding hydrogens is 512 g/mol. The second kappa shape index (κ2) is 14.7. The van der Waals surface area contributed by atoms with E-state index in [1.165, 1.54) is 12.1 Å². The van der Waals surface area contributed by atoms with Crippen LogP contribution in [0, 0.1) is 12.7 Å². The molecule has 2 atom stereocenters.